The first-order chi connectivity index (χ1) is 17.3. The van der Waals surface area contributed by atoms with E-state index in [4.69, 9.17) is 0 Å². The van der Waals surface area contributed by atoms with Gasteiger partial charge in [-0.3, -0.25) is 14.4 Å². The molecule has 1 amide bonds. The first kappa shape index (κ1) is 26.5. The molecule has 3 rings (SSSR count). The molecule has 0 radical (unpaired) electrons. The second kappa shape index (κ2) is 12.6. The molecule has 0 bridgehead atoms. The van der Waals surface area contributed by atoms with Crippen LogP contribution in [0, 0.1) is 5.92 Å². The molecule has 0 saturated heterocycles. The van der Waals surface area contributed by atoms with E-state index in [-0.39, 0.29) is 17.3 Å². The molecule has 8 nitrogen and oxygen atoms in total. The summed E-state index contributed by atoms with van der Waals surface area (Å²) in [4.78, 5) is 50.1. The van der Waals surface area contributed by atoms with Gasteiger partial charge in [-0.05, 0) is 24.1 Å². The largest absolute Gasteiger partial charge is 0.481 e. The van der Waals surface area contributed by atoms with Crippen LogP contribution in [-0.2, 0) is 20.8 Å². The molecular weight excluding hydrogens is 480 g/mol. The van der Waals surface area contributed by atoms with Crippen LogP contribution in [0.3, 0.4) is 0 Å². The maximum atomic E-state index is 13.5. The molecule has 0 aliphatic carbocycles. The van der Waals surface area contributed by atoms with Crippen LogP contribution in [0.2, 0.25) is 0 Å². The SMILES string of the molecule is O=C(O)C[C@@](NC(=O)[C@@H](CSC(=O)c1ccccc1)Cc1ccccc1)(Nc1ccccc1)C(=O)O. The molecule has 36 heavy (non-hydrogen) atoms. The molecule has 2 atom stereocenters. The van der Waals surface area contributed by atoms with Gasteiger partial charge in [0.1, 0.15) is 0 Å². The summed E-state index contributed by atoms with van der Waals surface area (Å²) in [5.74, 6) is -4.37. The average Bonchev–Trinajstić information content (AvgIpc) is 2.87. The minimum Gasteiger partial charge on any atom is -0.481 e. The maximum Gasteiger partial charge on any atom is 0.351 e. The zero-order valence-electron chi connectivity index (χ0n) is 19.3. The number of hydrogen-bond donors (Lipinski definition) is 4. The number of amides is 1. The zero-order chi connectivity index (χ0) is 26.0. The molecule has 0 unspecified atom stereocenters. The lowest BCUT2D eigenvalue weighted by Crippen LogP contribution is -2.62. The van der Waals surface area contributed by atoms with E-state index in [1.165, 1.54) is 0 Å². The van der Waals surface area contributed by atoms with E-state index in [1.54, 1.807) is 60.7 Å². The molecule has 3 aromatic rings. The summed E-state index contributed by atoms with van der Waals surface area (Å²) in [6, 6.07) is 25.9. The zero-order valence-corrected chi connectivity index (χ0v) is 20.1. The first-order valence-electron chi connectivity index (χ1n) is 11.2. The number of carbonyl (C=O) groups excluding carboxylic acids is 2. The molecule has 0 aromatic heterocycles. The van der Waals surface area contributed by atoms with Crippen LogP contribution in [0.25, 0.3) is 0 Å². The van der Waals surface area contributed by atoms with Gasteiger partial charge in [-0.25, -0.2) is 4.79 Å². The van der Waals surface area contributed by atoms with Crippen molar-refractivity contribution in [3.05, 3.63) is 102 Å². The highest BCUT2D eigenvalue weighted by atomic mass is 32.2. The molecule has 0 spiro atoms. The Hall–Kier alpha value is -4.11. The standard InChI is InChI=1S/C27H26N2O6S/c30-23(31)17-27(26(34)35,28-22-14-8-3-9-15-22)29-24(32)21(16-19-10-4-1-5-11-19)18-36-25(33)20-12-6-2-7-13-20/h1-15,21,28H,16-18H2,(H,29,32)(H,30,31)(H,34,35)/t21-,27+/m1/s1. The van der Waals surface area contributed by atoms with Crippen molar-refractivity contribution < 1.29 is 29.4 Å². The van der Waals surface area contributed by atoms with Crippen LogP contribution >= 0.6 is 11.8 Å². The molecule has 0 aliphatic heterocycles. The Balaban J connectivity index is 1.86. The van der Waals surface area contributed by atoms with Gasteiger partial charge in [-0.15, -0.1) is 0 Å². The fourth-order valence-electron chi connectivity index (χ4n) is 3.57. The Bertz CT molecular complexity index is 1190. The molecule has 3 aromatic carbocycles. The lowest BCUT2D eigenvalue weighted by Gasteiger charge is -2.32. The van der Waals surface area contributed by atoms with Gasteiger partial charge >= 0.3 is 11.9 Å². The summed E-state index contributed by atoms with van der Waals surface area (Å²) in [5, 5.41) is 24.4. The van der Waals surface area contributed by atoms with Gasteiger partial charge in [-0.1, -0.05) is 90.6 Å². The summed E-state index contributed by atoms with van der Waals surface area (Å²) in [6.07, 6.45) is -0.674. The van der Waals surface area contributed by atoms with E-state index in [0.717, 1.165) is 17.3 Å². The third-order valence-corrected chi connectivity index (χ3v) is 6.44. The highest BCUT2D eigenvalue weighted by molar-refractivity contribution is 8.14. The maximum absolute atomic E-state index is 13.5. The summed E-state index contributed by atoms with van der Waals surface area (Å²) >= 11 is 0.954. The lowest BCUT2D eigenvalue weighted by atomic mass is 9.98. The minimum atomic E-state index is -2.30. The Morgan fingerprint density at radius 3 is 1.92 bits per heavy atom. The number of carbonyl (C=O) groups is 4. The minimum absolute atomic E-state index is 0.0720. The van der Waals surface area contributed by atoms with Gasteiger partial charge in [0.25, 0.3) is 0 Å². The van der Waals surface area contributed by atoms with Gasteiger partial charge in [0.05, 0.1) is 12.3 Å². The number of nitrogens with one attached hydrogen (secondary N) is 2. The van der Waals surface area contributed by atoms with E-state index < -0.39 is 35.8 Å². The number of carboxylic acid groups (broad SMARTS) is 2. The Morgan fingerprint density at radius 1 is 0.806 bits per heavy atom. The smallest absolute Gasteiger partial charge is 0.351 e. The van der Waals surface area contributed by atoms with Gasteiger partial charge < -0.3 is 20.8 Å². The second-order valence-corrected chi connectivity index (χ2v) is 9.11. The highest BCUT2D eigenvalue weighted by Gasteiger charge is 2.44. The third-order valence-electron chi connectivity index (χ3n) is 5.37. The first-order valence-corrected chi connectivity index (χ1v) is 12.1. The molecule has 4 N–H and O–H groups in total. The third kappa shape index (κ3) is 7.44. The van der Waals surface area contributed by atoms with E-state index >= 15 is 0 Å². The van der Waals surface area contributed by atoms with Crippen molar-refractivity contribution >= 4 is 40.4 Å². The van der Waals surface area contributed by atoms with Crippen LogP contribution in [0.15, 0.2) is 91.0 Å². The van der Waals surface area contributed by atoms with Gasteiger partial charge in [0, 0.05) is 17.0 Å². The van der Waals surface area contributed by atoms with Crippen LogP contribution in [0.1, 0.15) is 22.3 Å². The van der Waals surface area contributed by atoms with Crippen molar-refractivity contribution in [2.45, 2.75) is 18.5 Å². The fraction of sp³-hybridized carbons (Fsp3) is 0.185. The van der Waals surface area contributed by atoms with Crippen molar-refractivity contribution in [2.75, 3.05) is 11.1 Å². The number of benzene rings is 3. The number of anilines is 1. The molecule has 186 valence electrons. The average molecular weight is 507 g/mol. The van der Waals surface area contributed by atoms with Crippen LogP contribution < -0.4 is 10.6 Å². The predicted molar refractivity (Wildman–Crippen MR) is 138 cm³/mol. The number of para-hydroxylation sites is 1. The normalized spacial score (nSPS) is 13.1. The summed E-state index contributed by atoms with van der Waals surface area (Å²) in [6.45, 7) is 0. The lowest BCUT2D eigenvalue weighted by molar-refractivity contribution is -0.152. The molecule has 9 heteroatoms. The number of rotatable bonds is 12. The number of thioether (sulfide) groups is 1. The molecule has 0 aliphatic rings. The molecular formula is C27H26N2O6S. The van der Waals surface area contributed by atoms with Crippen LogP contribution in [0.5, 0.6) is 0 Å². The van der Waals surface area contributed by atoms with Crippen molar-refractivity contribution in [1.29, 1.82) is 0 Å². The van der Waals surface area contributed by atoms with Crippen molar-refractivity contribution in [3.63, 3.8) is 0 Å². The Labute approximate surface area is 212 Å². The van der Waals surface area contributed by atoms with Crippen LogP contribution in [0.4, 0.5) is 5.69 Å². The van der Waals surface area contributed by atoms with Crippen LogP contribution in [-0.4, -0.2) is 44.6 Å². The molecule has 0 heterocycles. The molecule has 0 saturated carbocycles. The van der Waals surface area contributed by atoms with Crippen molar-refractivity contribution in [3.8, 4) is 0 Å². The van der Waals surface area contributed by atoms with E-state index in [9.17, 15) is 29.4 Å². The number of aliphatic carboxylic acids is 2. The van der Waals surface area contributed by atoms with Gasteiger partial charge in [0.15, 0.2) is 0 Å². The van der Waals surface area contributed by atoms with Crippen molar-refractivity contribution in [1.82, 2.24) is 5.32 Å². The monoisotopic (exact) mass is 506 g/mol. The van der Waals surface area contributed by atoms with E-state index in [1.807, 2.05) is 30.3 Å². The Kier molecular flexibility index (Phi) is 9.24. The van der Waals surface area contributed by atoms with Gasteiger partial charge in [-0.2, -0.15) is 0 Å². The summed E-state index contributed by atoms with van der Waals surface area (Å²) in [5.41, 5.74) is -0.666. The van der Waals surface area contributed by atoms with Crippen molar-refractivity contribution in [2.24, 2.45) is 5.92 Å². The predicted octanol–water partition coefficient (Wildman–Crippen LogP) is 3.90. The summed E-state index contributed by atoms with van der Waals surface area (Å²) in [7, 11) is 0. The summed E-state index contributed by atoms with van der Waals surface area (Å²) < 4.78 is 0. The fourth-order valence-corrected chi connectivity index (χ4v) is 4.49. The van der Waals surface area contributed by atoms with E-state index in [2.05, 4.69) is 10.6 Å². The highest BCUT2D eigenvalue weighted by Crippen LogP contribution is 2.23. The number of hydrogen-bond acceptors (Lipinski definition) is 6. The van der Waals surface area contributed by atoms with E-state index in [0.29, 0.717) is 11.3 Å². The topological polar surface area (TPSA) is 133 Å². The quantitative estimate of drug-likeness (QED) is 0.272. The second-order valence-electron chi connectivity index (χ2n) is 8.11. The molecule has 0 fully saturated rings. The number of carboxylic acids is 2. The Morgan fingerprint density at radius 2 is 1.36 bits per heavy atom. The van der Waals surface area contributed by atoms with Gasteiger partial charge in [0.2, 0.25) is 16.7 Å².